The minimum Gasteiger partial charge on any atom is -0.271 e. The molecular weight excluding hydrogens is 252 g/mol. The average molecular weight is 272 g/mol. The molecule has 1 atom stereocenters. The highest BCUT2D eigenvalue weighted by molar-refractivity contribution is 7.12. The Labute approximate surface area is 118 Å². The number of benzene rings is 1. The Morgan fingerprint density at radius 2 is 2.00 bits per heavy atom. The summed E-state index contributed by atoms with van der Waals surface area (Å²) in [5.41, 5.74) is 8.42. The molecule has 0 radical (unpaired) electrons. The molecule has 0 spiro atoms. The molecule has 1 aromatic carbocycles. The van der Waals surface area contributed by atoms with E-state index in [1.807, 2.05) is 11.3 Å². The number of fused-ring (bicyclic) bond motifs is 1. The summed E-state index contributed by atoms with van der Waals surface area (Å²) >= 11 is 1.92. The molecule has 1 heterocycles. The molecule has 0 aliphatic heterocycles. The third kappa shape index (κ3) is 2.34. The van der Waals surface area contributed by atoms with Crippen molar-refractivity contribution in [1.29, 1.82) is 0 Å². The zero-order chi connectivity index (χ0) is 13.4. The maximum Gasteiger partial charge on any atom is 0.0802 e. The lowest BCUT2D eigenvalue weighted by Gasteiger charge is -2.16. The van der Waals surface area contributed by atoms with Gasteiger partial charge in [-0.3, -0.25) is 5.84 Å². The molecule has 0 saturated heterocycles. The zero-order valence-corrected chi connectivity index (χ0v) is 12.3. The number of hydrogen-bond acceptors (Lipinski definition) is 3. The number of nitrogens with two attached hydrogens (primary N) is 1. The lowest BCUT2D eigenvalue weighted by atomic mass is 10.00. The van der Waals surface area contributed by atoms with Crippen molar-refractivity contribution in [1.82, 2.24) is 5.43 Å². The van der Waals surface area contributed by atoms with Gasteiger partial charge < -0.3 is 0 Å². The van der Waals surface area contributed by atoms with Crippen LogP contribution in [-0.2, 0) is 12.8 Å². The van der Waals surface area contributed by atoms with Crippen LogP contribution in [0.25, 0.3) is 0 Å². The number of aryl methyl sites for hydroxylation is 4. The summed E-state index contributed by atoms with van der Waals surface area (Å²) in [5.74, 6) is 5.80. The zero-order valence-electron chi connectivity index (χ0n) is 11.5. The third-order valence-corrected chi connectivity index (χ3v) is 5.38. The van der Waals surface area contributed by atoms with E-state index in [0.29, 0.717) is 0 Å². The Hall–Kier alpha value is -1.16. The first-order valence-corrected chi connectivity index (χ1v) is 7.65. The Morgan fingerprint density at radius 3 is 2.68 bits per heavy atom. The van der Waals surface area contributed by atoms with Gasteiger partial charge in [-0.15, -0.1) is 11.3 Å². The van der Waals surface area contributed by atoms with Gasteiger partial charge in [-0.2, -0.15) is 0 Å². The lowest BCUT2D eigenvalue weighted by Crippen LogP contribution is -2.28. The van der Waals surface area contributed by atoms with Crippen LogP contribution in [0.1, 0.15) is 44.5 Å². The van der Waals surface area contributed by atoms with Crippen LogP contribution in [0.2, 0.25) is 0 Å². The molecule has 2 aromatic rings. The fraction of sp³-hybridized carbons (Fsp3) is 0.375. The van der Waals surface area contributed by atoms with Crippen molar-refractivity contribution in [2.45, 2.75) is 39.2 Å². The molecule has 0 saturated carbocycles. The van der Waals surface area contributed by atoms with Crippen LogP contribution in [0.15, 0.2) is 24.3 Å². The first-order chi connectivity index (χ1) is 9.19. The van der Waals surface area contributed by atoms with Gasteiger partial charge in [0.2, 0.25) is 0 Å². The summed E-state index contributed by atoms with van der Waals surface area (Å²) in [4.78, 5) is 2.90. The highest BCUT2D eigenvalue weighted by Crippen LogP contribution is 2.36. The molecule has 0 bridgehead atoms. The van der Waals surface area contributed by atoms with E-state index in [0.717, 1.165) is 0 Å². The summed E-state index contributed by atoms with van der Waals surface area (Å²) in [6.45, 7) is 4.30. The summed E-state index contributed by atoms with van der Waals surface area (Å²) in [6.07, 6.45) is 3.78. The minimum absolute atomic E-state index is 0.120. The van der Waals surface area contributed by atoms with E-state index in [2.05, 4.69) is 43.5 Å². The maximum atomic E-state index is 5.80. The number of nitrogens with one attached hydrogen (secondary N) is 1. The van der Waals surface area contributed by atoms with E-state index >= 15 is 0 Å². The number of hydrogen-bond donors (Lipinski definition) is 2. The van der Waals surface area contributed by atoms with Gasteiger partial charge in [0.05, 0.1) is 6.04 Å². The molecule has 1 aromatic heterocycles. The second kappa shape index (κ2) is 5.08. The molecular formula is C16H20N2S. The molecule has 1 aliphatic carbocycles. The van der Waals surface area contributed by atoms with Gasteiger partial charge in [0, 0.05) is 9.75 Å². The average Bonchev–Trinajstić information content (AvgIpc) is 2.95. The first-order valence-electron chi connectivity index (χ1n) is 6.84. The Kier molecular flexibility index (Phi) is 3.44. The largest absolute Gasteiger partial charge is 0.271 e. The smallest absolute Gasteiger partial charge is 0.0802 e. The van der Waals surface area contributed by atoms with Crippen molar-refractivity contribution < 1.29 is 0 Å². The van der Waals surface area contributed by atoms with Crippen LogP contribution in [0.4, 0.5) is 0 Å². The van der Waals surface area contributed by atoms with Crippen molar-refractivity contribution in [2.24, 2.45) is 5.84 Å². The van der Waals surface area contributed by atoms with Crippen molar-refractivity contribution >= 4 is 11.3 Å². The Balaban J connectivity index is 1.96. The second-order valence-corrected chi connectivity index (χ2v) is 6.56. The number of thiophene rings is 1. The molecule has 0 fully saturated rings. The normalized spacial score (nSPS) is 15.5. The summed E-state index contributed by atoms with van der Waals surface area (Å²) < 4.78 is 0. The van der Waals surface area contributed by atoms with Crippen LogP contribution in [0.5, 0.6) is 0 Å². The van der Waals surface area contributed by atoms with Gasteiger partial charge in [0.25, 0.3) is 0 Å². The van der Waals surface area contributed by atoms with E-state index in [-0.39, 0.29) is 6.04 Å². The summed E-state index contributed by atoms with van der Waals surface area (Å²) in [7, 11) is 0. The van der Waals surface area contributed by atoms with Crippen LogP contribution in [0, 0.1) is 13.8 Å². The van der Waals surface area contributed by atoms with Crippen molar-refractivity contribution in [3.8, 4) is 0 Å². The molecule has 2 nitrogen and oxygen atoms in total. The predicted octanol–water partition coefficient (Wildman–Crippen LogP) is 3.41. The van der Waals surface area contributed by atoms with Crippen LogP contribution >= 0.6 is 11.3 Å². The van der Waals surface area contributed by atoms with Crippen LogP contribution < -0.4 is 11.3 Å². The van der Waals surface area contributed by atoms with Crippen molar-refractivity contribution in [2.75, 3.05) is 0 Å². The van der Waals surface area contributed by atoms with Gasteiger partial charge in [0.15, 0.2) is 0 Å². The minimum atomic E-state index is 0.120. The lowest BCUT2D eigenvalue weighted by molar-refractivity contribution is 0.645. The van der Waals surface area contributed by atoms with E-state index in [1.54, 1.807) is 4.88 Å². The molecule has 3 N–H and O–H groups in total. The number of rotatable bonds is 3. The standard InChI is InChI=1S/C16H20N2S/c1-10-6-7-13(8-11(10)2)16(18-17)15-9-12-4-3-5-14(12)19-15/h6-9,16,18H,3-5,17H2,1-2H3. The van der Waals surface area contributed by atoms with Crippen LogP contribution in [-0.4, -0.2) is 0 Å². The monoisotopic (exact) mass is 272 g/mol. The molecule has 19 heavy (non-hydrogen) atoms. The van der Waals surface area contributed by atoms with E-state index in [1.165, 1.54) is 46.4 Å². The third-order valence-electron chi connectivity index (χ3n) is 4.08. The van der Waals surface area contributed by atoms with E-state index in [9.17, 15) is 0 Å². The van der Waals surface area contributed by atoms with Gasteiger partial charge in [-0.1, -0.05) is 18.2 Å². The fourth-order valence-corrected chi connectivity index (χ4v) is 4.13. The topological polar surface area (TPSA) is 38.0 Å². The molecule has 3 rings (SSSR count). The van der Waals surface area contributed by atoms with E-state index < -0.39 is 0 Å². The Morgan fingerprint density at radius 1 is 1.16 bits per heavy atom. The maximum absolute atomic E-state index is 5.80. The highest BCUT2D eigenvalue weighted by Gasteiger charge is 2.20. The van der Waals surface area contributed by atoms with E-state index in [4.69, 9.17) is 5.84 Å². The van der Waals surface area contributed by atoms with Gasteiger partial charge in [0.1, 0.15) is 0 Å². The fourth-order valence-electron chi connectivity index (χ4n) is 2.78. The second-order valence-electron chi connectivity index (χ2n) is 5.39. The highest BCUT2D eigenvalue weighted by atomic mass is 32.1. The van der Waals surface area contributed by atoms with Gasteiger partial charge in [-0.25, -0.2) is 5.43 Å². The molecule has 3 heteroatoms. The van der Waals surface area contributed by atoms with Crippen molar-refractivity contribution in [3.05, 3.63) is 56.3 Å². The van der Waals surface area contributed by atoms with Crippen molar-refractivity contribution in [3.63, 3.8) is 0 Å². The number of hydrazine groups is 1. The molecule has 100 valence electrons. The van der Waals surface area contributed by atoms with Gasteiger partial charge >= 0.3 is 0 Å². The molecule has 1 aliphatic rings. The SMILES string of the molecule is Cc1ccc(C(NN)c2cc3c(s2)CCC3)cc1C. The quantitative estimate of drug-likeness (QED) is 0.664. The molecule has 1 unspecified atom stereocenters. The summed E-state index contributed by atoms with van der Waals surface area (Å²) in [5, 5.41) is 0. The predicted molar refractivity (Wildman–Crippen MR) is 81.4 cm³/mol. The molecule has 0 amide bonds. The van der Waals surface area contributed by atoms with Gasteiger partial charge in [-0.05, 0) is 61.4 Å². The Bertz CT molecular complexity index is 579. The summed E-state index contributed by atoms with van der Waals surface area (Å²) in [6, 6.07) is 9.06. The van der Waals surface area contributed by atoms with Crippen LogP contribution in [0.3, 0.4) is 0 Å². The first kappa shape index (κ1) is 12.9.